The lowest BCUT2D eigenvalue weighted by Gasteiger charge is -2.29. The fraction of sp³-hybridized carbons (Fsp3) is 0.133. The first-order valence-electron chi connectivity index (χ1n) is 6.31. The highest BCUT2D eigenvalue weighted by atomic mass is 35.5. The molecule has 6 heteroatoms. The van der Waals surface area contributed by atoms with Crippen molar-refractivity contribution in [2.45, 2.75) is 6.54 Å². The van der Waals surface area contributed by atoms with Crippen LogP contribution in [0.25, 0.3) is 0 Å². The Bertz CT molecular complexity index is 721. The van der Waals surface area contributed by atoms with E-state index in [9.17, 15) is 9.18 Å². The lowest BCUT2D eigenvalue weighted by Crippen LogP contribution is -2.38. The molecular weight excluding hydrogens is 295 g/mol. The molecule has 4 nitrogen and oxygen atoms in total. The van der Waals surface area contributed by atoms with Crippen molar-refractivity contribution in [3.05, 3.63) is 52.8 Å². The molecule has 21 heavy (non-hydrogen) atoms. The zero-order valence-corrected chi connectivity index (χ0v) is 11.7. The standard InChI is InChI=1S/C15H12ClFN2O2/c16-10-2-4-14-13(6-10)19(15(20)8-21-14)7-9-1-3-12(18)11(17)5-9/h1-6H,7-8,18H2. The van der Waals surface area contributed by atoms with Gasteiger partial charge in [0, 0.05) is 5.02 Å². The SMILES string of the molecule is Nc1ccc(CN2C(=O)COc3ccc(Cl)cc32)cc1F. The summed E-state index contributed by atoms with van der Waals surface area (Å²) in [7, 11) is 0. The highest BCUT2D eigenvalue weighted by Gasteiger charge is 2.26. The molecule has 0 spiro atoms. The van der Waals surface area contributed by atoms with Crippen molar-refractivity contribution in [1.82, 2.24) is 0 Å². The minimum atomic E-state index is -0.500. The van der Waals surface area contributed by atoms with E-state index in [4.69, 9.17) is 22.1 Å². The van der Waals surface area contributed by atoms with Crippen molar-refractivity contribution < 1.29 is 13.9 Å². The first-order valence-corrected chi connectivity index (χ1v) is 6.69. The lowest BCUT2D eigenvalue weighted by atomic mass is 10.1. The molecule has 0 unspecified atom stereocenters. The van der Waals surface area contributed by atoms with Gasteiger partial charge in [-0.05, 0) is 35.9 Å². The number of anilines is 2. The van der Waals surface area contributed by atoms with Gasteiger partial charge < -0.3 is 15.4 Å². The summed E-state index contributed by atoms with van der Waals surface area (Å²) in [5, 5.41) is 0.500. The molecule has 108 valence electrons. The van der Waals surface area contributed by atoms with Crippen LogP contribution in [0.2, 0.25) is 5.02 Å². The molecule has 0 bridgehead atoms. The molecule has 0 radical (unpaired) electrons. The maximum Gasteiger partial charge on any atom is 0.265 e. The Morgan fingerprint density at radius 3 is 2.86 bits per heavy atom. The van der Waals surface area contributed by atoms with Crippen LogP contribution in [-0.4, -0.2) is 12.5 Å². The number of carbonyl (C=O) groups excluding carboxylic acids is 1. The fourth-order valence-electron chi connectivity index (χ4n) is 2.20. The zero-order chi connectivity index (χ0) is 15.0. The number of hydrogen-bond acceptors (Lipinski definition) is 3. The molecule has 0 fully saturated rings. The van der Waals surface area contributed by atoms with Gasteiger partial charge >= 0.3 is 0 Å². The van der Waals surface area contributed by atoms with E-state index in [1.807, 2.05) is 0 Å². The number of nitrogen functional groups attached to an aromatic ring is 1. The van der Waals surface area contributed by atoms with Crippen molar-refractivity contribution in [2.24, 2.45) is 0 Å². The van der Waals surface area contributed by atoms with Crippen LogP contribution in [0.1, 0.15) is 5.56 Å². The van der Waals surface area contributed by atoms with E-state index in [-0.39, 0.29) is 24.7 Å². The molecule has 1 aliphatic rings. The maximum absolute atomic E-state index is 13.5. The summed E-state index contributed by atoms with van der Waals surface area (Å²) in [5.74, 6) is -0.128. The van der Waals surface area contributed by atoms with Gasteiger partial charge in [-0.25, -0.2) is 4.39 Å². The van der Waals surface area contributed by atoms with E-state index in [1.54, 1.807) is 24.3 Å². The topological polar surface area (TPSA) is 55.6 Å². The summed E-state index contributed by atoms with van der Waals surface area (Å²) in [6.07, 6.45) is 0. The third-order valence-electron chi connectivity index (χ3n) is 3.27. The normalized spacial score (nSPS) is 13.8. The number of rotatable bonds is 2. The molecule has 1 aliphatic heterocycles. The molecule has 3 rings (SSSR count). The van der Waals surface area contributed by atoms with Gasteiger partial charge in [0.25, 0.3) is 5.91 Å². The summed E-state index contributed by atoms with van der Waals surface area (Å²) >= 11 is 5.97. The summed E-state index contributed by atoms with van der Waals surface area (Å²) in [5.41, 5.74) is 6.75. The van der Waals surface area contributed by atoms with Crippen LogP contribution >= 0.6 is 11.6 Å². The number of amides is 1. The van der Waals surface area contributed by atoms with Gasteiger partial charge in [0.1, 0.15) is 11.6 Å². The smallest absolute Gasteiger partial charge is 0.265 e. The van der Waals surface area contributed by atoms with Gasteiger partial charge in [0.15, 0.2) is 6.61 Å². The molecular formula is C15H12ClFN2O2. The Kier molecular flexibility index (Phi) is 3.43. The summed E-state index contributed by atoms with van der Waals surface area (Å²) < 4.78 is 18.9. The van der Waals surface area contributed by atoms with E-state index in [0.29, 0.717) is 22.0 Å². The van der Waals surface area contributed by atoms with Gasteiger partial charge in [0.05, 0.1) is 17.9 Å². The molecule has 0 aromatic heterocycles. The quantitative estimate of drug-likeness (QED) is 0.868. The predicted molar refractivity (Wildman–Crippen MR) is 78.9 cm³/mol. The van der Waals surface area contributed by atoms with Crippen molar-refractivity contribution in [2.75, 3.05) is 17.2 Å². The van der Waals surface area contributed by atoms with E-state index in [1.165, 1.54) is 17.0 Å². The molecule has 1 amide bonds. The maximum atomic E-state index is 13.5. The summed E-state index contributed by atoms with van der Waals surface area (Å²) in [6.45, 7) is 0.179. The van der Waals surface area contributed by atoms with Crippen LogP contribution in [0.3, 0.4) is 0 Å². The first kappa shape index (κ1) is 13.7. The Morgan fingerprint density at radius 2 is 2.10 bits per heavy atom. The second kappa shape index (κ2) is 5.26. The minimum Gasteiger partial charge on any atom is -0.482 e. The van der Waals surface area contributed by atoms with Gasteiger partial charge in [-0.2, -0.15) is 0 Å². The number of ether oxygens (including phenoxy) is 1. The minimum absolute atomic E-state index is 0.0495. The summed E-state index contributed by atoms with van der Waals surface area (Å²) in [4.78, 5) is 13.6. The molecule has 0 saturated heterocycles. The fourth-order valence-corrected chi connectivity index (χ4v) is 2.37. The average Bonchev–Trinajstić information content (AvgIpc) is 2.46. The van der Waals surface area contributed by atoms with Crippen LogP contribution < -0.4 is 15.4 Å². The van der Waals surface area contributed by atoms with Crippen LogP contribution in [-0.2, 0) is 11.3 Å². The molecule has 1 heterocycles. The Hall–Kier alpha value is -2.27. The third kappa shape index (κ3) is 2.64. The average molecular weight is 307 g/mol. The van der Waals surface area contributed by atoms with Crippen molar-refractivity contribution in [3.8, 4) is 5.75 Å². The van der Waals surface area contributed by atoms with Gasteiger partial charge in [-0.1, -0.05) is 17.7 Å². The number of carbonyl (C=O) groups is 1. The first-order chi connectivity index (χ1) is 10.0. The lowest BCUT2D eigenvalue weighted by molar-refractivity contribution is -0.121. The molecule has 0 atom stereocenters. The Morgan fingerprint density at radius 1 is 1.29 bits per heavy atom. The van der Waals surface area contributed by atoms with E-state index in [0.717, 1.165) is 0 Å². The predicted octanol–water partition coefficient (Wildman–Crippen LogP) is 2.99. The molecule has 0 saturated carbocycles. The highest BCUT2D eigenvalue weighted by molar-refractivity contribution is 6.31. The summed E-state index contributed by atoms with van der Waals surface area (Å²) in [6, 6.07) is 9.54. The second-order valence-corrected chi connectivity index (χ2v) is 5.17. The third-order valence-corrected chi connectivity index (χ3v) is 3.50. The van der Waals surface area contributed by atoms with Crippen LogP contribution in [0.5, 0.6) is 5.75 Å². The second-order valence-electron chi connectivity index (χ2n) is 4.74. The van der Waals surface area contributed by atoms with E-state index < -0.39 is 5.82 Å². The van der Waals surface area contributed by atoms with Gasteiger partial charge in [-0.15, -0.1) is 0 Å². The number of fused-ring (bicyclic) bond motifs is 1. The molecule has 0 aliphatic carbocycles. The Labute approximate surface area is 125 Å². The number of nitrogens with zero attached hydrogens (tertiary/aromatic N) is 1. The molecule has 2 N–H and O–H groups in total. The monoisotopic (exact) mass is 306 g/mol. The number of halogens is 2. The number of nitrogens with two attached hydrogens (primary N) is 1. The zero-order valence-electron chi connectivity index (χ0n) is 11.0. The van der Waals surface area contributed by atoms with Gasteiger partial charge in [-0.3, -0.25) is 4.79 Å². The number of benzene rings is 2. The molecule has 2 aromatic carbocycles. The highest BCUT2D eigenvalue weighted by Crippen LogP contribution is 2.35. The van der Waals surface area contributed by atoms with Crippen LogP contribution in [0.4, 0.5) is 15.8 Å². The van der Waals surface area contributed by atoms with Crippen molar-refractivity contribution in [1.29, 1.82) is 0 Å². The molecule has 2 aromatic rings. The van der Waals surface area contributed by atoms with E-state index in [2.05, 4.69) is 0 Å². The van der Waals surface area contributed by atoms with Gasteiger partial charge in [0.2, 0.25) is 0 Å². The van der Waals surface area contributed by atoms with Crippen molar-refractivity contribution >= 4 is 28.9 Å². The van der Waals surface area contributed by atoms with E-state index >= 15 is 0 Å². The Balaban J connectivity index is 1.96. The van der Waals surface area contributed by atoms with Crippen molar-refractivity contribution in [3.63, 3.8) is 0 Å². The van der Waals surface area contributed by atoms with Crippen LogP contribution in [0.15, 0.2) is 36.4 Å². The number of hydrogen-bond donors (Lipinski definition) is 1. The van der Waals surface area contributed by atoms with Crippen LogP contribution in [0, 0.1) is 5.82 Å². The largest absolute Gasteiger partial charge is 0.482 e.